The molecule has 0 spiro atoms. The van der Waals surface area contributed by atoms with Gasteiger partial charge in [0.2, 0.25) is 5.95 Å². The van der Waals surface area contributed by atoms with E-state index in [0.717, 1.165) is 28.9 Å². The van der Waals surface area contributed by atoms with Crippen LogP contribution in [0.5, 0.6) is 5.75 Å². The summed E-state index contributed by atoms with van der Waals surface area (Å²) in [5, 5.41) is 11.4. The largest absolute Gasteiger partial charge is 0.474 e. The van der Waals surface area contributed by atoms with Gasteiger partial charge >= 0.3 is 0 Å². The van der Waals surface area contributed by atoms with Crippen LogP contribution in [0, 0.1) is 6.92 Å². The Morgan fingerprint density at radius 3 is 2.68 bits per heavy atom. The molecule has 1 aromatic carbocycles. The minimum absolute atomic E-state index is 0.0887. The number of nitrogens with zero attached hydrogens (tertiary/aromatic N) is 5. The summed E-state index contributed by atoms with van der Waals surface area (Å²) in [7, 11) is -3.67. The number of carbonyl (C=O) groups excluding carboxylic acids is 1. The zero-order valence-electron chi connectivity index (χ0n) is 21.2. The van der Waals surface area contributed by atoms with Crippen LogP contribution in [0.1, 0.15) is 25.8 Å². The van der Waals surface area contributed by atoms with Gasteiger partial charge in [-0.3, -0.25) is 4.79 Å². The number of amides is 1. The number of pyridine rings is 1. The minimum Gasteiger partial charge on any atom is -0.474 e. The van der Waals surface area contributed by atoms with Crippen molar-refractivity contribution in [3.8, 4) is 17.0 Å². The molecule has 3 aliphatic rings. The highest BCUT2D eigenvalue weighted by atomic mass is 32.2. The number of carbonyl (C=O) groups is 1. The molecule has 2 bridgehead atoms. The van der Waals surface area contributed by atoms with Gasteiger partial charge in [-0.15, -0.1) is 0 Å². The second-order valence-corrected chi connectivity index (χ2v) is 11.8. The zero-order chi connectivity index (χ0) is 26.8. The number of fused-ring (bicyclic) bond motifs is 3. The van der Waals surface area contributed by atoms with Crippen LogP contribution in [0.4, 0.5) is 23.1 Å². The van der Waals surface area contributed by atoms with Crippen molar-refractivity contribution in [3.63, 3.8) is 0 Å². The Bertz CT molecular complexity index is 1560. The number of nitrogens with one attached hydrogen (secondary N) is 2. The SMILES string of the molecule is Cc1cc(Nc2nccc(-c3cnc4c(c3)OC(C)(C)C(=O)N4)n2)ccc1N1CC2CC1CN2S(N)(=O)=O. The van der Waals surface area contributed by atoms with Crippen LogP contribution in [0.3, 0.4) is 0 Å². The van der Waals surface area contributed by atoms with E-state index >= 15 is 0 Å². The van der Waals surface area contributed by atoms with Crippen molar-refractivity contribution in [3.05, 3.63) is 48.3 Å². The van der Waals surface area contributed by atoms with Gasteiger partial charge in [-0.1, -0.05) is 0 Å². The van der Waals surface area contributed by atoms with Gasteiger partial charge in [0.15, 0.2) is 17.2 Å². The summed E-state index contributed by atoms with van der Waals surface area (Å²) in [6, 6.07) is 9.62. The average molecular weight is 537 g/mol. The van der Waals surface area contributed by atoms with Crippen LogP contribution in [-0.2, 0) is 15.0 Å². The highest BCUT2D eigenvalue weighted by molar-refractivity contribution is 7.86. The molecule has 198 valence electrons. The lowest BCUT2D eigenvalue weighted by atomic mass is 10.1. The van der Waals surface area contributed by atoms with E-state index in [9.17, 15) is 13.2 Å². The van der Waals surface area contributed by atoms with Gasteiger partial charge in [-0.2, -0.15) is 12.7 Å². The van der Waals surface area contributed by atoms with E-state index in [1.807, 2.05) is 25.1 Å². The van der Waals surface area contributed by atoms with Gasteiger partial charge in [-0.25, -0.2) is 20.1 Å². The third-order valence-electron chi connectivity index (χ3n) is 7.23. The molecule has 2 saturated heterocycles. The van der Waals surface area contributed by atoms with E-state index in [1.165, 1.54) is 4.31 Å². The van der Waals surface area contributed by atoms with E-state index in [-0.39, 0.29) is 18.0 Å². The molecule has 13 heteroatoms. The van der Waals surface area contributed by atoms with Gasteiger partial charge in [0, 0.05) is 54.5 Å². The average Bonchev–Trinajstić information content (AvgIpc) is 3.46. The van der Waals surface area contributed by atoms with Crippen LogP contribution in [0.25, 0.3) is 11.3 Å². The third kappa shape index (κ3) is 4.31. The molecule has 1 amide bonds. The highest BCUT2D eigenvalue weighted by Crippen LogP contribution is 2.38. The fraction of sp³-hybridized carbons (Fsp3) is 0.360. The number of ether oxygens (including phenoxy) is 1. The smallest absolute Gasteiger partial charge is 0.277 e. The first-order valence-electron chi connectivity index (χ1n) is 12.3. The second kappa shape index (κ2) is 8.61. The van der Waals surface area contributed by atoms with Crippen molar-refractivity contribution >= 4 is 39.3 Å². The molecule has 0 saturated carbocycles. The van der Waals surface area contributed by atoms with Gasteiger partial charge in [-0.05, 0) is 63.1 Å². The first-order valence-corrected chi connectivity index (χ1v) is 13.8. The minimum atomic E-state index is -3.67. The van der Waals surface area contributed by atoms with Gasteiger partial charge in [0.1, 0.15) is 0 Å². The molecule has 0 radical (unpaired) electrons. The molecule has 5 heterocycles. The Morgan fingerprint density at radius 2 is 1.97 bits per heavy atom. The van der Waals surface area contributed by atoms with Crippen LogP contribution in [-0.4, -0.2) is 64.4 Å². The Hall–Kier alpha value is -3.81. The van der Waals surface area contributed by atoms with Crippen molar-refractivity contribution in [2.45, 2.75) is 44.9 Å². The van der Waals surface area contributed by atoms with E-state index in [0.29, 0.717) is 36.3 Å². The summed E-state index contributed by atoms with van der Waals surface area (Å²) < 4.78 is 30.9. The normalized spacial score (nSPS) is 22.1. The van der Waals surface area contributed by atoms with Gasteiger partial charge < -0.3 is 20.3 Å². The number of aromatic nitrogens is 3. The Labute approximate surface area is 220 Å². The summed E-state index contributed by atoms with van der Waals surface area (Å²) >= 11 is 0. The number of hydrogen-bond donors (Lipinski definition) is 3. The first-order chi connectivity index (χ1) is 18.0. The molecule has 2 unspecified atom stereocenters. The first kappa shape index (κ1) is 24.5. The van der Waals surface area contributed by atoms with E-state index in [2.05, 4.69) is 30.5 Å². The summed E-state index contributed by atoms with van der Waals surface area (Å²) in [6.45, 7) is 6.46. The van der Waals surface area contributed by atoms with Crippen LogP contribution < -0.4 is 25.4 Å². The summed E-state index contributed by atoms with van der Waals surface area (Å²) in [6.07, 6.45) is 4.08. The zero-order valence-corrected chi connectivity index (χ0v) is 22.0. The van der Waals surface area contributed by atoms with Gasteiger partial charge in [0.25, 0.3) is 16.1 Å². The molecule has 6 rings (SSSR count). The molecule has 3 aliphatic heterocycles. The van der Waals surface area contributed by atoms with Crippen LogP contribution in [0.2, 0.25) is 0 Å². The van der Waals surface area contributed by atoms with E-state index in [1.54, 1.807) is 38.4 Å². The number of benzene rings is 1. The quantitative estimate of drug-likeness (QED) is 0.445. The van der Waals surface area contributed by atoms with E-state index < -0.39 is 15.8 Å². The van der Waals surface area contributed by atoms with Crippen LogP contribution in [0.15, 0.2) is 42.7 Å². The summed E-state index contributed by atoms with van der Waals surface area (Å²) in [5.41, 5.74) is 3.34. The molecular weight excluding hydrogens is 508 g/mol. The standard InChI is InChI=1S/C25H28N8O4S/c1-14-8-16(4-5-20(14)32-12-18-10-17(32)13-33(18)38(26,35)36)29-24-27-7-6-19(30-24)15-9-21-22(28-11-15)31-23(34)25(2,3)37-21/h4-9,11,17-18H,10,12-13H2,1-3H3,(H2,26,35,36)(H,27,29,30)(H,28,31,34). The lowest BCUT2D eigenvalue weighted by molar-refractivity contribution is -0.129. The topological polar surface area (TPSA) is 156 Å². The molecule has 2 aromatic heterocycles. The molecule has 4 N–H and O–H groups in total. The fourth-order valence-corrected chi connectivity index (χ4v) is 6.29. The molecule has 0 aliphatic carbocycles. The number of anilines is 4. The second-order valence-electron chi connectivity index (χ2n) is 10.3. The lowest BCUT2D eigenvalue weighted by Gasteiger charge is -2.35. The predicted molar refractivity (Wildman–Crippen MR) is 142 cm³/mol. The highest BCUT2D eigenvalue weighted by Gasteiger charge is 2.47. The van der Waals surface area contributed by atoms with Crippen molar-refractivity contribution in [2.75, 3.05) is 28.6 Å². The van der Waals surface area contributed by atoms with Crippen molar-refractivity contribution in [1.29, 1.82) is 0 Å². The molecule has 12 nitrogen and oxygen atoms in total. The van der Waals surface area contributed by atoms with Crippen molar-refractivity contribution in [2.24, 2.45) is 5.14 Å². The maximum atomic E-state index is 12.1. The predicted octanol–water partition coefficient (Wildman–Crippen LogP) is 2.17. The monoisotopic (exact) mass is 536 g/mol. The van der Waals surface area contributed by atoms with Crippen LogP contribution >= 0.6 is 0 Å². The molecule has 3 aromatic rings. The number of nitrogens with two attached hydrogens (primary N) is 1. The Kier molecular flexibility index (Phi) is 5.56. The van der Waals surface area contributed by atoms with Gasteiger partial charge in [0.05, 0.1) is 5.69 Å². The summed E-state index contributed by atoms with van der Waals surface area (Å²) in [4.78, 5) is 27.7. The number of piperazine rings is 1. The van der Waals surface area contributed by atoms with E-state index in [4.69, 9.17) is 9.88 Å². The maximum Gasteiger partial charge on any atom is 0.277 e. The number of rotatable bonds is 5. The Morgan fingerprint density at radius 1 is 1.16 bits per heavy atom. The molecule has 38 heavy (non-hydrogen) atoms. The summed E-state index contributed by atoms with van der Waals surface area (Å²) in [5.74, 6) is 1.03. The van der Waals surface area contributed by atoms with Crippen molar-refractivity contribution < 1.29 is 17.9 Å². The molecular formula is C25H28N8O4S. The maximum absolute atomic E-state index is 12.1. The number of aryl methyl sites for hydroxylation is 1. The third-order valence-corrected chi connectivity index (χ3v) is 8.33. The Balaban J connectivity index is 1.19. The number of hydrogen-bond acceptors (Lipinski definition) is 9. The fourth-order valence-electron chi connectivity index (χ4n) is 5.34. The molecule has 2 fully saturated rings. The van der Waals surface area contributed by atoms with Crippen molar-refractivity contribution in [1.82, 2.24) is 19.3 Å². The lowest BCUT2D eigenvalue weighted by Crippen LogP contribution is -2.50. The molecule has 2 atom stereocenters.